The lowest BCUT2D eigenvalue weighted by atomic mass is 10.3. The van der Waals surface area contributed by atoms with Crippen molar-refractivity contribution in [1.29, 1.82) is 0 Å². The average molecular weight is 514 g/mol. The molecule has 4 rings (SSSR count). The van der Waals surface area contributed by atoms with Crippen molar-refractivity contribution >= 4 is 84.8 Å². The third kappa shape index (κ3) is 4.81. The molecule has 0 atom stereocenters. The van der Waals surface area contributed by atoms with E-state index in [-0.39, 0.29) is 26.6 Å². The lowest BCUT2D eigenvalue weighted by Crippen LogP contribution is -2.16. The van der Waals surface area contributed by atoms with Crippen LogP contribution in [0, 0.1) is 0 Å². The van der Waals surface area contributed by atoms with Gasteiger partial charge in [0, 0.05) is 10.0 Å². The molecule has 158 valence electrons. The topological polar surface area (TPSA) is 84.0 Å². The summed E-state index contributed by atoms with van der Waals surface area (Å²) in [5.41, 5.74) is 1.51. The number of benzene rings is 3. The first-order chi connectivity index (χ1) is 14.7. The maximum absolute atomic E-state index is 13.0. The number of rotatable bonds is 5. The van der Waals surface area contributed by atoms with E-state index in [0.717, 1.165) is 0 Å². The first-order valence-electron chi connectivity index (χ1n) is 8.70. The lowest BCUT2D eigenvalue weighted by molar-refractivity contribution is 0.601. The molecule has 31 heavy (non-hydrogen) atoms. The van der Waals surface area contributed by atoms with Gasteiger partial charge in [-0.1, -0.05) is 58.5 Å². The minimum atomic E-state index is -4.13. The second kappa shape index (κ2) is 8.68. The second-order valence-electron chi connectivity index (χ2n) is 6.34. The van der Waals surface area contributed by atoms with Crippen LogP contribution < -0.4 is 10.0 Å². The Balaban J connectivity index is 1.82. The molecule has 0 saturated heterocycles. The smallest absolute Gasteiger partial charge is 0.264 e. The molecule has 6 nitrogen and oxygen atoms in total. The second-order valence-corrected chi connectivity index (χ2v) is 9.68. The van der Waals surface area contributed by atoms with Crippen molar-refractivity contribution in [2.75, 3.05) is 10.0 Å². The van der Waals surface area contributed by atoms with Gasteiger partial charge in [-0.05, 0) is 48.5 Å². The van der Waals surface area contributed by atoms with E-state index in [1.807, 2.05) is 0 Å². The fraction of sp³-hybridized carbons (Fsp3) is 0. The molecule has 0 amide bonds. The van der Waals surface area contributed by atoms with E-state index in [1.54, 1.807) is 42.5 Å². The normalized spacial score (nSPS) is 11.5. The highest BCUT2D eigenvalue weighted by Gasteiger charge is 2.22. The third-order valence-corrected chi connectivity index (χ3v) is 6.77. The first-order valence-corrected chi connectivity index (χ1v) is 11.7. The van der Waals surface area contributed by atoms with E-state index in [9.17, 15) is 8.42 Å². The van der Waals surface area contributed by atoms with Crippen LogP contribution in [0.15, 0.2) is 65.6 Å². The maximum Gasteiger partial charge on any atom is 0.264 e. The molecule has 0 unspecified atom stereocenters. The van der Waals surface area contributed by atoms with Crippen LogP contribution in [0.3, 0.4) is 0 Å². The van der Waals surface area contributed by atoms with Crippen molar-refractivity contribution in [3.8, 4) is 0 Å². The molecular weight excluding hydrogens is 502 g/mol. The molecule has 1 heterocycles. The first kappa shape index (κ1) is 21.9. The highest BCUT2D eigenvalue weighted by Crippen LogP contribution is 2.33. The number of anilines is 3. The number of nitrogens with zero attached hydrogens (tertiary/aromatic N) is 2. The molecule has 11 heteroatoms. The van der Waals surface area contributed by atoms with Crippen molar-refractivity contribution in [2.45, 2.75) is 4.90 Å². The summed E-state index contributed by atoms with van der Waals surface area (Å²) in [6.45, 7) is 0. The van der Waals surface area contributed by atoms with E-state index >= 15 is 0 Å². The molecule has 0 radical (unpaired) electrons. The fourth-order valence-corrected chi connectivity index (χ4v) is 4.97. The van der Waals surface area contributed by atoms with Gasteiger partial charge in [0.05, 0.1) is 26.8 Å². The molecular formula is C20H12Cl4N4O2S. The molecule has 2 N–H and O–H groups in total. The van der Waals surface area contributed by atoms with E-state index in [0.29, 0.717) is 26.8 Å². The highest BCUT2D eigenvalue weighted by molar-refractivity contribution is 7.92. The van der Waals surface area contributed by atoms with Gasteiger partial charge >= 0.3 is 0 Å². The maximum atomic E-state index is 13.0. The molecule has 0 aliphatic carbocycles. The predicted molar refractivity (Wildman–Crippen MR) is 127 cm³/mol. The SMILES string of the molecule is O=S(=O)(Nc1nc2ccccc2nc1Nc1ccc(Cl)cc1Cl)c1cc(Cl)ccc1Cl. The zero-order valence-electron chi connectivity index (χ0n) is 15.4. The summed E-state index contributed by atoms with van der Waals surface area (Å²) in [5, 5.41) is 4.03. The Hall–Kier alpha value is -2.29. The van der Waals surface area contributed by atoms with Crippen molar-refractivity contribution in [3.05, 3.63) is 80.8 Å². The van der Waals surface area contributed by atoms with Gasteiger partial charge < -0.3 is 5.32 Å². The molecule has 0 bridgehead atoms. The van der Waals surface area contributed by atoms with E-state index in [1.165, 1.54) is 18.2 Å². The van der Waals surface area contributed by atoms with Gasteiger partial charge in [-0.3, -0.25) is 4.72 Å². The van der Waals surface area contributed by atoms with Crippen LogP contribution in [0.4, 0.5) is 17.3 Å². The molecule has 0 spiro atoms. The molecule has 0 aliphatic heterocycles. The number of para-hydroxylation sites is 2. The Morgan fingerprint density at radius 3 is 2.00 bits per heavy atom. The molecule has 0 fully saturated rings. The average Bonchev–Trinajstić information content (AvgIpc) is 2.72. The summed E-state index contributed by atoms with van der Waals surface area (Å²) < 4.78 is 28.5. The third-order valence-electron chi connectivity index (χ3n) is 4.17. The van der Waals surface area contributed by atoms with Gasteiger partial charge in [-0.2, -0.15) is 0 Å². The standard InChI is InChI=1S/C20H12Cl4N4O2S/c21-11-6-8-15(14(24)9-11)25-19-20(27-17-4-2-1-3-16(17)26-19)28-31(29,30)18-10-12(22)5-7-13(18)23/h1-10H,(H,25,26)(H,27,28). The molecule has 1 aromatic heterocycles. The Labute approximate surface area is 198 Å². The summed E-state index contributed by atoms with van der Waals surface area (Å²) >= 11 is 24.3. The highest BCUT2D eigenvalue weighted by atomic mass is 35.5. The lowest BCUT2D eigenvalue weighted by Gasteiger charge is -2.15. The molecule has 0 aliphatic rings. The van der Waals surface area contributed by atoms with Crippen molar-refractivity contribution in [1.82, 2.24) is 9.97 Å². The largest absolute Gasteiger partial charge is 0.336 e. The minimum Gasteiger partial charge on any atom is -0.336 e. The zero-order chi connectivity index (χ0) is 22.2. The number of sulfonamides is 1. The van der Waals surface area contributed by atoms with E-state index in [2.05, 4.69) is 20.0 Å². The van der Waals surface area contributed by atoms with E-state index < -0.39 is 10.0 Å². The Bertz CT molecular complexity index is 1410. The number of fused-ring (bicyclic) bond motifs is 1. The summed E-state index contributed by atoms with van der Waals surface area (Å²) in [6.07, 6.45) is 0. The van der Waals surface area contributed by atoms with Crippen molar-refractivity contribution < 1.29 is 8.42 Å². The minimum absolute atomic E-state index is 0.0147. The van der Waals surface area contributed by atoms with Crippen LogP contribution in [0.5, 0.6) is 0 Å². The Morgan fingerprint density at radius 1 is 0.710 bits per heavy atom. The number of hydrogen-bond acceptors (Lipinski definition) is 5. The number of nitrogens with one attached hydrogen (secondary N) is 2. The monoisotopic (exact) mass is 512 g/mol. The van der Waals surface area contributed by atoms with E-state index in [4.69, 9.17) is 46.4 Å². The summed E-state index contributed by atoms with van der Waals surface area (Å²) in [6, 6.07) is 16.0. The summed E-state index contributed by atoms with van der Waals surface area (Å²) in [4.78, 5) is 8.73. The predicted octanol–water partition coefficient (Wildman–Crippen LogP) is 6.79. The van der Waals surface area contributed by atoms with Gasteiger partial charge in [0.25, 0.3) is 10.0 Å². The van der Waals surface area contributed by atoms with Gasteiger partial charge in [0.15, 0.2) is 11.6 Å². The van der Waals surface area contributed by atoms with Gasteiger partial charge in [-0.15, -0.1) is 0 Å². The number of halogens is 4. The van der Waals surface area contributed by atoms with Crippen LogP contribution in [-0.2, 0) is 10.0 Å². The molecule has 3 aromatic carbocycles. The zero-order valence-corrected chi connectivity index (χ0v) is 19.2. The summed E-state index contributed by atoms with van der Waals surface area (Å²) in [5.74, 6) is 0.102. The Morgan fingerprint density at radius 2 is 1.32 bits per heavy atom. The quantitative estimate of drug-likeness (QED) is 0.307. The van der Waals surface area contributed by atoms with Crippen molar-refractivity contribution in [3.63, 3.8) is 0 Å². The van der Waals surface area contributed by atoms with Gasteiger partial charge in [0.1, 0.15) is 4.90 Å². The fourth-order valence-electron chi connectivity index (χ4n) is 2.74. The van der Waals surface area contributed by atoms with Crippen molar-refractivity contribution in [2.24, 2.45) is 0 Å². The molecule has 0 saturated carbocycles. The van der Waals surface area contributed by atoms with Crippen LogP contribution in [-0.4, -0.2) is 18.4 Å². The number of aromatic nitrogens is 2. The van der Waals surface area contributed by atoms with Crippen LogP contribution in [0.2, 0.25) is 20.1 Å². The van der Waals surface area contributed by atoms with Gasteiger partial charge in [-0.25, -0.2) is 18.4 Å². The Kier molecular flexibility index (Phi) is 6.14. The molecule has 4 aromatic rings. The van der Waals surface area contributed by atoms with Crippen LogP contribution >= 0.6 is 46.4 Å². The van der Waals surface area contributed by atoms with Crippen LogP contribution in [0.25, 0.3) is 11.0 Å². The number of hydrogen-bond donors (Lipinski definition) is 2. The summed E-state index contributed by atoms with van der Waals surface area (Å²) in [7, 11) is -4.13. The van der Waals surface area contributed by atoms with Gasteiger partial charge in [0.2, 0.25) is 0 Å². The van der Waals surface area contributed by atoms with Crippen LogP contribution in [0.1, 0.15) is 0 Å².